The minimum atomic E-state index is 0.535. The van der Waals surface area contributed by atoms with Crippen molar-refractivity contribution >= 4 is 11.3 Å². The molecule has 17 heavy (non-hydrogen) atoms. The normalized spacial score (nSPS) is 17.6. The highest BCUT2D eigenvalue weighted by Gasteiger charge is 2.13. The highest BCUT2D eigenvalue weighted by atomic mass is 16.5. The molecule has 1 aliphatic heterocycles. The molecule has 1 fully saturated rings. The first kappa shape index (κ1) is 10.5. The van der Waals surface area contributed by atoms with Crippen LogP contribution in [0.3, 0.4) is 0 Å². The number of rotatable bonds is 2. The predicted octanol–water partition coefficient (Wildman–Crippen LogP) is 0.144. The molecule has 6 nitrogen and oxygen atoms in total. The van der Waals surface area contributed by atoms with Crippen LogP contribution in [-0.4, -0.2) is 45.8 Å². The molecule has 90 valence electrons. The number of hydrogen-bond acceptors (Lipinski definition) is 5. The summed E-state index contributed by atoms with van der Waals surface area (Å²) in [6.07, 6.45) is 1.89. The number of anilines is 1. The van der Waals surface area contributed by atoms with Gasteiger partial charge in [0.15, 0.2) is 11.6 Å². The standard InChI is InChI=1S/C11H15N5O/c12-11-9-2-1-3-16(9)14-10(13-11)8-15-4-6-17-7-5-15/h1-3H,4-8H2,(H2,12,13,14). The van der Waals surface area contributed by atoms with Gasteiger partial charge in [-0.1, -0.05) is 0 Å². The monoisotopic (exact) mass is 233 g/mol. The van der Waals surface area contributed by atoms with Crippen LogP contribution in [0, 0.1) is 0 Å². The zero-order valence-electron chi connectivity index (χ0n) is 9.54. The largest absolute Gasteiger partial charge is 0.382 e. The van der Waals surface area contributed by atoms with Crippen molar-refractivity contribution in [2.75, 3.05) is 32.0 Å². The lowest BCUT2D eigenvalue weighted by Crippen LogP contribution is -2.36. The quantitative estimate of drug-likeness (QED) is 0.799. The van der Waals surface area contributed by atoms with Gasteiger partial charge in [-0.15, -0.1) is 0 Å². The van der Waals surface area contributed by atoms with E-state index in [1.54, 1.807) is 4.52 Å². The molecule has 0 amide bonds. The Kier molecular flexibility index (Phi) is 2.66. The van der Waals surface area contributed by atoms with E-state index in [0.717, 1.165) is 44.2 Å². The van der Waals surface area contributed by atoms with E-state index < -0.39 is 0 Å². The van der Waals surface area contributed by atoms with Gasteiger partial charge in [0, 0.05) is 19.3 Å². The van der Waals surface area contributed by atoms with Gasteiger partial charge in [0.25, 0.3) is 0 Å². The third kappa shape index (κ3) is 2.09. The van der Waals surface area contributed by atoms with E-state index in [2.05, 4.69) is 15.0 Å². The SMILES string of the molecule is Nc1nc(CN2CCOCC2)nn2cccc12. The molecule has 2 aromatic rings. The van der Waals surface area contributed by atoms with Crippen LogP contribution in [0.1, 0.15) is 5.82 Å². The van der Waals surface area contributed by atoms with Crippen LogP contribution in [0.5, 0.6) is 0 Å². The minimum Gasteiger partial charge on any atom is -0.382 e. The molecule has 1 saturated heterocycles. The lowest BCUT2D eigenvalue weighted by molar-refractivity contribution is 0.0329. The topological polar surface area (TPSA) is 68.7 Å². The first-order valence-corrected chi connectivity index (χ1v) is 5.73. The molecule has 3 rings (SSSR count). The van der Waals surface area contributed by atoms with Crippen molar-refractivity contribution in [3.8, 4) is 0 Å². The molecule has 0 aromatic carbocycles. The molecule has 3 heterocycles. The molecule has 0 saturated carbocycles. The van der Waals surface area contributed by atoms with Gasteiger partial charge >= 0.3 is 0 Å². The van der Waals surface area contributed by atoms with Gasteiger partial charge in [0.05, 0.1) is 19.8 Å². The minimum absolute atomic E-state index is 0.535. The molecule has 2 aromatic heterocycles. The predicted molar refractivity (Wildman–Crippen MR) is 63.5 cm³/mol. The van der Waals surface area contributed by atoms with E-state index in [4.69, 9.17) is 10.5 Å². The zero-order chi connectivity index (χ0) is 11.7. The van der Waals surface area contributed by atoms with Crippen molar-refractivity contribution in [1.82, 2.24) is 19.5 Å². The highest BCUT2D eigenvalue weighted by molar-refractivity contribution is 5.64. The maximum Gasteiger partial charge on any atom is 0.165 e. The van der Waals surface area contributed by atoms with E-state index in [9.17, 15) is 0 Å². The number of nitrogens with two attached hydrogens (primary N) is 1. The van der Waals surface area contributed by atoms with Crippen LogP contribution in [0.4, 0.5) is 5.82 Å². The summed E-state index contributed by atoms with van der Waals surface area (Å²) in [5, 5.41) is 4.43. The van der Waals surface area contributed by atoms with Crippen LogP contribution in [0.2, 0.25) is 0 Å². The van der Waals surface area contributed by atoms with Crippen LogP contribution < -0.4 is 5.73 Å². The van der Waals surface area contributed by atoms with Gasteiger partial charge in [0.2, 0.25) is 0 Å². The Bertz CT molecular complexity index is 518. The second kappa shape index (κ2) is 4.31. The summed E-state index contributed by atoms with van der Waals surface area (Å²) in [4.78, 5) is 6.60. The molecule has 0 aliphatic carbocycles. The van der Waals surface area contributed by atoms with Gasteiger partial charge in [-0.05, 0) is 12.1 Å². The Labute approximate surface area is 99.0 Å². The van der Waals surface area contributed by atoms with E-state index in [0.29, 0.717) is 5.82 Å². The summed E-state index contributed by atoms with van der Waals surface area (Å²) in [6.45, 7) is 4.13. The van der Waals surface area contributed by atoms with E-state index in [-0.39, 0.29) is 0 Å². The van der Waals surface area contributed by atoms with Gasteiger partial charge in [-0.3, -0.25) is 4.90 Å². The Balaban J connectivity index is 1.84. The molecule has 0 unspecified atom stereocenters. The van der Waals surface area contributed by atoms with Crippen LogP contribution in [-0.2, 0) is 11.3 Å². The molecular weight excluding hydrogens is 218 g/mol. The van der Waals surface area contributed by atoms with Crippen molar-refractivity contribution in [2.45, 2.75) is 6.54 Å². The number of ether oxygens (including phenoxy) is 1. The smallest absolute Gasteiger partial charge is 0.165 e. The van der Waals surface area contributed by atoms with Gasteiger partial charge in [-0.2, -0.15) is 5.10 Å². The molecule has 2 N–H and O–H groups in total. The number of aromatic nitrogens is 3. The van der Waals surface area contributed by atoms with Gasteiger partial charge in [-0.25, -0.2) is 9.50 Å². The maximum absolute atomic E-state index is 5.89. The number of hydrogen-bond donors (Lipinski definition) is 1. The fourth-order valence-electron chi connectivity index (χ4n) is 2.03. The summed E-state index contributed by atoms with van der Waals surface area (Å²) < 4.78 is 7.08. The summed E-state index contributed by atoms with van der Waals surface area (Å²) in [5.41, 5.74) is 6.75. The lowest BCUT2D eigenvalue weighted by Gasteiger charge is -2.25. The van der Waals surface area contributed by atoms with Gasteiger partial charge < -0.3 is 10.5 Å². The number of nitrogen functional groups attached to an aromatic ring is 1. The Hall–Kier alpha value is -1.66. The van der Waals surface area contributed by atoms with Gasteiger partial charge in [0.1, 0.15) is 5.52 Å². The number of nitrogens with zero attached hydrogens (tertiary/aromatic N) is 4. The molecule has 0 atom stereocenters. The average Bonchev–Trinajstić information content (AvgIpc) is 2.79. The van der Waals surface area contributed by atoms with Crippen molar-refractivity contribution in [3.05, 3.63) is 24.2 Å². The van der Waals surface area contributed by atoms with Crippen LogP contribution in [0.25, 0.3) is 5.52 Å². The first-order valence-electron chi connectivity index (χ1n) is 5.73. The Morgan fingerprint density at radius 1 is 1.35 bits per heavy atom. The van der Waals surface area contributed by atoms with Crippen LogP contribution in [0.15, 0.2) is 18.3 Å². The van der Waals surface area contributed by atoms with E-state index >= 15 is 0 Å². The molecule has 0 radical (unpaired) electrons. The van der Waals surface area contributed by atoms with Crippen LogP contribution >= 0.6 is 0 Å². The average molecular weight is 233 g/mol. The van der Waals surface area contributed by atoms with Crippen molar-refractivity contribution in [3.63, 3.8) is 0 Å². The highest BCUT2D eigenvalue weighted by Crippen LogP contribution is 2.11. The van der Waals surface area contributed by atoms with Crippen molar-refractivity contribution in [1.29, 1.82) is 0 Å². The molecular formula is C11H15N5O. The Morgan fingerprint density at radius 3 is 3.00 bits per heavy atom. The zero-order valence-corrected chi connectivity index (χ0v) is 9.54. The molecule has 6 heteroatoms. The summed E-state index contributed by atoms with van der Waals surface area (Å²) in [5.74, 6) is 1.29. The molecule has 1 aliphatic rings. The fourth-order valence-corrected chi connectivity index (χ4v) is 2.03. The number of morpholine rings is 1. The first-order chi connectivity index (χ1) is 8.33. The second-order valence-corrected chi connectivity index (χ2v) is 4.14. The Morgan fingerprint density at radius 2 is 2.18 bits per heavy atom. The lowest BCUT2D eigenvalue weighted by atomic mass is 10.4. The summed E-state index contributed by atoms with van der Waals surface area (Å²) >= 11 is 0. The van der Waals surface area contributed by atoms with E-state index in [1.165, 1.54) is 0 Å². The van der Waals surface area contributed by atoms with Crippen molar-refractivity contribution < 1.29 is 4.74 Å². The summed E-state index contributed by atoms with van der Waals surface area (Å²) in [6, 6.07) is 3.83. The third-order valence-corrected chi connectivity index (χ3v) is 2.93. The van der Waals surface area contributed by atoms with Crippen molar-refractivity contribution in [2.24, 2.45) is 0 Å². The third-order valence-electron chi connectivity index (χ3n) is 2.93. The van der Waals surface area contributed by atoms with E-state index in [1.807, 2.05) is 18.3 Å². The molecule has 0 spiro atoms. The fraction of sp³-hybridized carbons (Fsp3) is 0.455. The second-order valence-electron chi connectivity index (χ2n) is 4.14. The maximum atomic E-state index is 5.89. The summed E-state index contributed by atoms with van der Waals surface area (Å²) in [7, 11) is 0. The number of fused-ring (bicyclic) bond motifs is 1. The molecule has 0 bridgehead atoms.